The van der Waals surface area contributed by atoms with Crippen molar-refractivity contribution in [2.75, 3.05) is 23.7 Å². The molecule has 0 fully saturated rings. The molecule has 1 rings (SSSR count). The lowest BCUT2D eigenvalue weighted by Gasteiger charge is -2.26. The molecule has 0 saturated heterocycles. The van der Waals surface area contributed by atoms with E-state index in [0.717, 1.165) is 30.6 Å². The van der Waals surface area contributed by atoms with Crippen molar-refractivity contribution in [3.8, 4) is 0 Å². The van der Waals surface area contributed by atoms with Gasteiger partial charge in [-0.2, -0.15) is 0 Å². The average molecular weight is 248 g/mol. The van der Waals surface area contributed by atoms with Crippen molar-refractivity contribution in [2.45, 2.75) is 40.5 Å². The molecule has 0 unspecified atom stereocenters. The van der Waals surface area contributed by atoms with E-state index in [2.05, 4.69) is 44.7 Å². The maximum atomic E-state index is 5.88. The molecule has 0 aromatic heterocycles. The van der Waals surface area contributed by atoms with Crippen molar-refractivity contribution in [2.24, 2.45) is 11.8 Å². The number of rotatable bonds is 7. The Morgan fingerprint density at radius 3 is 2.00 bits per heavy atom. The Bertz CT molecular complexity index is 333. The number of hydrogen-bond acceptors (Lipinski definition) is 2. The molecular weight excluding hydrogens is 220 g/mol. The Morgan fingerprint density at radius 1 is 1.00 bits per heavy atom. The predicted molar refractivity (Wildman–Crippen MR) is 82.0 cm³/mol. The van der Waals surface area contributed by atoms with E-state index in [-0.39, 0.29) is 0 Å². The molecule has 0 aliphatic heterocycles. The van der Waals surface area contributed by atoms with Gasteiger partial charge in [0.1, 0.15) is 0 Å². The average Bonchev–Trinajstić information content (AvgIpc) is 2.28. The third kappa shape index (κ3) is 5.44. The van der Waals surface area contributed by atoms with Crippen LogP contribution in [0.3, 0.4) is 0 Å². The van der Waals surface area contributed by atoms with E-state index >= 15 is 0 Å². The van der Waals surface area contributed by atoms with Crippen LogP contribution in [0.4, 0.5) is 11.4 Å². The van der Waals surface area contributed by atoms with Gasteiger partial charge in [-0.1, -0.05) is 33.8 Å². The highest BCUT2D eigenvalue weighted by Crippen LogP contribution is 2.20. The highest BCUT2D eigenvalue weighted by Gasteiger charge is 2.08. The van der Waals surface area contributed by atoms with Crippen molar-refractivity contribution in [3.63, 3.8) is 0 Å². The summed E-state index contributed by atoms with van der Waals surface area (Å²) in [5.74, 6) is 1.49. The van der Waals surface area contributed by atoms with Crippen LogP contribution in [-0.4, -0.2) is 13.1 Å². The smallest absolute Gasteiger partial charge is 0.0386 e. The molecule has 2 N–H and O–H groups in total. The van der Waals surface area contributed by atoms with Gasteiger partial charge < -0.3 is 10.6 Å². The summed E-state index contributed by atoms with van der Waals surface area (Å²) in [6.07, 6.45) is 2.46. The molecule has 0 atom stereocenters. The van der Waals surface area contributed by atoms with Gasteiger partial charge in [0.2, 0.25) is 0 Å². The minimum Gasteiger partial charge on any atom is -0.399 e. The summed E-state index contributed by atoms with van der Waals surface area (Å²) in [6, 6.07) is 8.24. The van der Waals surface area contributed by atoms with Crippen LogP contribution in [0.15, 0.2) is 24.3 Å². The fourth-order valence-electron chi connectivity index (χ4n) is 1.92. The largest absolute Gasteiger partial charge is 0.399 e. The molecule has 0 amide bonds. The van der Waals surface area contributed by atoms with Gasteiger partial charge in [-0.25, -0.2) is 0 Å². The number of nitrogens with two attached hydrogens (primary N) is 1. The second kappa shape index (κ2) is 7.30. The second-order valence-electron chi connectivity index (χ2n) is 5.95. The quantitative estimate of drug-likeness (QED) is 0.734. The van der Waals surface area contributed by atoms with Gasteiger partial charge in [-0.3, -0.25) is 0 Å². The van der Waals surface area contributed by atoms with E-state index in [9.17, 15) is 0 Å². The zero-order valence-electron chi connectivity index (χ0n) is 12.3. The molecule has 0 bridgehead atoms. The maximum absolute atomic E-state index is 5.88. The van der Waals surface area contributed by atoms with Crippen LogP contribution in [-0.2, 0) is 0 Å². The van der Waals surface area contributed by atoms with E-state index in [0.29, 0.717) is 0 Å². The molecule has 0 radical (unpaired) electrons. The number of hydrogen-bond donors (Lipinski definition) is 1. The highest BCUT2D eigenvalue weighted by atomic mass is 15.1. The third-order valence-electron chi connectivity index (χ3n) is 3.19. The Morgan fingerprint density at radius 2 is 1.56 bits per heavy atom. The van der Waals surface area contributed by atoms with Crippen LogP contribution >= 0.6 is 0 Å². The fraction of sp³-hybridized carbons (Fsp3) is 0.625. The first kappa shape index (κ1) is 14.9. The zero-order valence-corrected chi connectivity index (χ0v) is 12.3. The summed E-state index contributed by atoms with van der Waals surface area (Å²) in [5, 5.41) is 0. The van der Waals surface area contributed by atoms with Gasteiger partial charge >= 0.3 is 0 Å². The van der Waals surface area contributed by atoms with E-state index in [1.165, 1.54) is 18.5 Å². The number of benzene rings is 1. The number of nitrogens with zero attached hydrogens (tertiary/aromatic N) is 1. The summed E-state index contributed by atoms with van der Waals surface area (Å²) < 4.78 is 0. The predicted octanol–water partition coefficient (Wildman–Crippen LogP) is 4.17. The van der Waals surface area contributed by atoms with Gasteiger partial charge in [-0.15, -0.1) is 0 Å². The monoisotopic (exact) mass is 248 g/mol. The lowest BCUT2D eigenvalue weighted by atomic mass is 10.1. The SMILES string of the molecule is CC(C)CCN(CCC(C)C)c1cccc(N)c1. The van der Waals surface area contributed by atoms with Gasteiger partial charge in [0.05, 0.1) is 0 Å². The standard InChI is InChI=1S/C16H28N2/c1-13(2)8-10-18(11-9-14(3)4)16-7-5-6-15(17)12-16/h5-7,12-14H,8-11,17H2,1-4H3. The fourth-order valence-corrected chi connectivity index (χ4v) is 1.92. The lowest BCUT2D eigenvalue weighted by molar-refractivity contribution is 0.535. The van der Waals surface area contributed by atoms with Gasteiger partial charge in [0, 0.05) is 24.5 Å². The Balaban J connectivity index is 2.69. The first-order chi connectivity index (χ1) is 8.49. The molecular formula is C16H28N2. The van der Waals surface area contributed by atoms with Gasteiger partial charge in [0.25, 0.3) is 0 Å². The molecule has 102 valence electrons. The summed E-state index contributed by atoms with van der Waals surface area (Å²) >= 11 is 0. The zero-order chi connectivity index (χ0) is 13.5. The highest BCUT2D eigenvalue weighted by molar-refractivity contribution is 5.55. The molecule has 0 spiro atoms. The molecule has 2 nitrogen and oxygen atoms in total. The van der Waals surface area contributed by atoms with E-state index in [1.807, 2.05) is 12.1 Å². The Hall–Kier alpha value is -1.18. The first-order valence-electron chi connectivity index (χ1n) is 7.09. The van der Waals surface area contributed by atoms with Crippen LogP contribution in [0.2, 0.25) is 0 Å². The van der Waals surface area contributed by atoms with Gasteiger partial charge in [0.15, 0.2) is 0 Å². The number of anilines is 2. The second-order valence-corrected chi connectivity index (χ2v) is 5.95. The molecule has 18 heavy (non-hydrogen) atoms. The number of nitrogen functional groups attached to an aromatic ring is 1. The topological polar surface area (TPSA) is 29.3 Å². The minimum absolute atomic E-state index is 0.743. The van der Waals surface area contributed by atoms with Crippen LogP contribution in [0.25, 0.3) is 0 Å². The maximum Gasteiger partial charge on any atom is 0.0386 e. The summed E-state index contributed by atoms with van der Waals surface area (Å²) in [4.78, 5) is 2.47. The van der Waals surface area contributed by atoms with Crippen molar-refractivity contribution < 1.29 is 0 Å². The van der Waals surface area contributed by atoms with Crippen LogP contribution in [0.5, 0.6) is 0 Å². The first-order valence-corrected chi connectivity index (χ1v) is 7.09. The van der Waals surface area contributed by atoms with E-state index < -0.39 is 0 Å². The summed E-state index contributed by atoms with van der Waals surface area (Å²) in [5.41, 5.74) is 8.00. The van der Waals surface area contributed by atoms with Crippen molar-refractivity contribution in [1.29, 1.82) is 0 Å². The normalized spacial score (nSPS) is 11.2. The van der Waals surface area contributed by atoms with Crippen molar-refractivity contribution in [1.82, 2.24) is 0 Å². The lowest BCUT2D eigenvalue weighted by Crippen LogP contribution is -2.27. The Labute approximate surface area is 112 Å². The molecule has 0 aliphatic rings. The minimum atomic E-state index is 0.743. The van der Waals surface area contributed by atoms with Crippen LogP contribution in [0, 0.1) is 11.8 Å². The molecule has 0 saturated carbocycles. The third-order valence-corrected chi connectivity index (χ3v) is 3.19. The van der Waals surface area contributed by atoms with Crippen LogP contribution < -0.4 is 10.6 Å². The molecule has 1 aromatic carbocycles. The molecule has 0 aliphatic carbocycles. The molecule has 0 heterocycles. The van der Waals surface area contributed by atoms with Crippen molar-refractivity contribution >= 4 is 11.4 Å². The molecule has 1 aromatic rings. The van der Waals surface area contributed by atoms with Gasteiger partial charge in [-0.05, 0) is 42.9 Å². The summed E-state index contributed by atoms with van der Waals surface area (Å²) in [6.45, 7) is 11.3. The van der Waals surface area contributed by atoms with Crippen molar-refractivity contribution in [3.05, 3.63) is 24.3 Å². The van der Waals surface area contributed by atoms with E-state index in [4.69, 9.17) is 5.73 Å². The Kier molecular flexibility index (Phi) is 6.03. The summed E-state index contributed by atoms with van der Waals surface area (Å²) in [7, 11) is 0. The van der Waals surface area contributed by atoms with Crippen LogP contribution in [0.1, 0.15) is 40.5 Å². The van der Waals surface area contributed by atoms with E-state index in [1.54, 1.807) is 0 Å². The molecule has 2 heteroatoms.